The van der Waals surface area contributed by atoms with Gasteiger partial charge in [-0.25, -0.2) is 0 Å². The molecular formula is C15H23NOS. The molecule has 0 spiro atoms. The van der Waals surface area contributed by atoms with Crippen molar-refractivity contribution in [2.24, 2.45) is 0 Å². The molecule has 0 fully saturated rings. The van der Waals surface area contributed by atoms with E-state index in [-0.39, 0.29) is 5.25 Å². The summed E-state index contributed by atoms with van der Waals surface area (Å²) in [4.78, 5) is 0. The lowest BCUT2D eigenvalue weighted by molar-refractivity contribution is 0.628. The Bertz CT molecular complexity index is 431. The molecule has 0 amide bonds. The Labute approximate surface area is 113 Å². The number of aryl methyl sites for hydroxylation is 2. The number of hydrogen-bond acceptors (Lipinski definition) is 2. The third-order valence-electron chi connectivity index (χ3n) is 3.79. The molecule has 2 nitrogen and oxygen atoms in total. The van der Waals surface area contributed by atoms with Gasteiger partial charge in [0.2, 0.25) is 0 Å². The molecule has 1 aromatic carbocycles. The van der Waals surface area contributed by atoms with E-state index in [0.717, 1.165) is 19.5 Å². The zero-order valence-electron chi connectivity index (χ0n) is 11.4. The lowest BCUT2D eigenvalue weighted by Crippen LogP contribution is -2.21. The summed E-state index contributed by atoms with van der Waals surface area (Å²) in [5.74, 6) is 0. The van der Waals surface area contributed by atoms with E-state index in [1.54, 1.807) is 6.26 Å². The van der Waals surface area contributed by atoms with E-state index in [0.29, 0.717) is 0 Å². The summed E-state index contributed by atoms with van der Waals surface area (Å²) in [5, 5.41) is 3.73. The van der Waals surface area contributed by atoms with Crippen LogP contribution in [0.4, 0.5) is 0 Å². The molecule has 2 atom stereocenters. The number of hydrogen-bond donors (Lipinski definition) is 1. The minimum atomic E-state index is -0.698. The molecule has 2 unspecified atom stereocenters. The van der Waals surface area contributed by atoms with Crippen LogP contribution in [0.1, 0.15) is 36.5 Å². The molecule has 3 heteroatoms. The fraction of sp³-hybridized carbons (Fsp3) is 0.600. The molecule has 0 bridgehead atoms. The molecule has 0 saturated carbocycles. The van der Waals surface area contributed by atoms with Gasteiger partial charge in [0.1, 0.15) is 0 Å². The highest BCUT2D eigenvalue weighted by molar-refractivity contribution is 7.84. The van der Waals surface area contributed by atoms with Crippen LogP contribution in [0.15, 0.2) is 18.2 Å². The fourth-order valence-corrected chi connectivity index (χ4v) is 2.89. The van der Waals surface area contributed by atoms with Crippen molar-refractivity contribution in [3.8, 4) is 0 Å². The normalized spacial score (nSPS) is 17.4. The van der Waals surface area contributed by atoms with E-state index in [9.17, 15) is 4.21 Å². The Morgan fingerprint density at radius 2 is 2.11 bits per heavy atom. The maximum atomic E-state index is 11.2. The standard InChI is InChI=1S/C15H23NOS/c1-12(18(2)17)8-9-16-11-13-6-7-14-4-3-5-15(14)10-13/h6-7,10,12,16H,3-5,8-9,11H2,1-2H3. The highest BCUT2D eigenvalue weighted by Crippen LogP contribution is 2.22. The van der Waals surface area contributed by atoms with Gasteiger partial charge < -0.3 is 5.32 Å². The van der Waals surface area contributed by atoms with Gasteiger partial charge in [0, 0.05) is 28.9 Å². The summed E-state index contributed by atoms with van der Waals surface area (Å²) in [5.41, 5.74) is 4.45. The summed E-state index contributed by atoms with van der Waals surface area (Å²) in [6.45, 7) is 3.92. The summed E-state index contributed by atoms with van der Waals surface area (Å²) in [6, 6.07) is 6.86. The molecule has 0 radical (unpaired) electrons. The molecule has 1 aliphatic carbocycles. The maximum absolute atomic E-state index is 11.2. The average Bonchev–Trinajstić information content (AvgIpc) is 2.81. The summed E-state index contributed by atoms with van der Waals surface area (Å²) in [7, 11) is -0.698. The van der Waals surface area contributed by atoms with Crippen molar-refractivity contribution < 1.29 is 4.21 Å². The van der Waals surface area contributed by atoms with Gasteiger partial charge in [-0.3, -0.25) is 4.21 Å². The molecule has 100 valence electrons. The zero-order valence-corrected chi connectivity index (χ0v) is 12.2. The van der Waals surface area contributed by atoms with Gasteiger partial charge in [0.15, 0.2) is 0 Å². The largest absolute Gasteiger partial charge is 0.313 e. The zero-order chi connectivity index (χ0) is 13.0. The summed E-state index contributed by atoms with van der Waals surface area (Å²) in [6.07, 6.45) is 6.57. The van der Waals surface area contributed by atoms with E-state index in [4.69, 9.17) is 0 Å². The van der Waals surface area contributed by atoms with Gasteiger partial charge in [-0.15, -0.1) is 0 Å². The van der Waals surface area contributed by atoms with Crippen LogP contribution in [0.3, 0.4) is 0 Å². The van der Waals surface area contributed by atoms with Crippen LogP contribution in [-0.4, -0.2) is 22.3 Å². The number of fused-ring (bicyclic) bond motifs is 1. The van der Waals surface area contributed by atoms with Gasteiger partial charge >= 0.3 is 0 Å². The molecule has 2 rings (SSSR count). The fourth-order valence-electron chi connectivity index (χ4n) is 2.44. The van der Waals surface area contributed by atoms with Crippen molar-refractivity contribution in [1.82, 2.24) is 5.32 Å². The van der Waals surface area contributed by atoms with E-state index in [2.05, 4.69) is 23.5 Å². The molecule has 1 aliphatic rings. The second-order valence-electron chi connectivity index (χ2n) is 5.23. The Hall–Kier alpha value is -0.670. The van der Waals surface area contributed by atoms with E-state index in [1.165, 1.54) is 36.0 Å². The Morgan fingerprint density at radius 3 is 2.89 bits per heavy atom. The van der Waals surface area contributed by atoms with Crippen molar-refractivity contribution >= 4 is 10.8 Å². The predicted octanol–water partition coefficient (Wildman–Crippen LogP) is 2.42. The Kier molecular flexibility index (Phi) is 4.95. The molecule has 0 heterocycles. The van der Waals surface area contributed by atoms with E-state index < -0.39 is 10.8 Å². The topological polar surface area (TPSA) is 29.1 Å². The number of nitrogens with one attached hydrogen (secondary N) is 1. The molecular weight excluding hydrogens is 242 g/mol. The molecule has 1 N–H and O–H groups in total. The van der Waals surface area contributed by atoms with Gasteiger partial charge in [0.25, 0.3) is 0 Å². The van der Waals surface area contributed by atoms with Crippen molar-refractivity contribution in [1.29, 1.82) is 0 Å². The Morgan fingerprint density at radius 1 is 1.33 bits per heavy atom. The minimum Gasteiger partial charge on any atom is -0.313 e. The highest BCUT2D eigenvalue weighted by Gasteiger charge is 2.10. The molecule has 1 aromatic rings. The van der Waals surface area contributed by atoms with Gasteiger partial charge in [-0.1, -0.05) is 25.1 Å². The minimum absolute atomic E-state index is 0.289. The van der Waals surface area contributed by atoms with Crippen molar-refractivity contribution in [3.63, 3.8) is 0 Å². The average molecular weight is 265 g/mol. The number of benzene rings is 1. The lowest BCUT2D eigenvalue weighted by atomic mass is 10.1. The quantitative estimate of drug-likeness (QED) is 0.800. The molecule has 18 heavy (non-hydrogen) atoms. The van der Waals surface area contributed by atoms with Crippen LogP contribution in [0, 0.1) is 0 Å². The molecule has 0 saturated heterocycles. The number of rotatable bonds is 6. The van der Waals surface area contributed by atoms with Crippen molar-refractivity contribution in [2.45, 2.75) is 44.4 Å². The third-order valence-corrected chi connectivity index (χ3v) is 5.16. The second kappa shape index (κ2) is 6.48. The van der Waals surface area contributed by atoms with Crippen LogP contribution < -0.4 is 5.32 Å². The van der Waals surface area contributed by atoms with Crippen LogP contribution in [0.5, 0.6) is 0 Å². The van der Waals surface area contributed by atoms with Gasteiger partial charge in [-0.2, -0.15) is 0 Å². The molecule has 0 aromatic heterocycles. The smallest absolute Gasteiger partial charge is 0.0329 e. The highest BCUT2D eigenvalue weighted by atomic mass is 32.2. The summed E-state index contributed by atoms with van der Waals surface area (Å²) >= 11 is 0. The first-order chi connectivity index (χ1) is 8.66. The second-order valence-corrected chi connectivity index (χ2v) is 7.03. The van der Waals surface area contributed by atoms with E-state index >= 15 is 0 Å². The summed E-state index contributed by atoms with van der Waals surface area (Å²) < 4.78 is 11.2. The van der Waals surface area contributed by atoms with Crippen LogP contribution in [0.25, 0.3) is 0 Å². The third kappa shape index (κ3) is 3.66. The van der Waals surface area contributed by atoms with Crippen LogP contribution in [-0.2, 0) is 30.2 Å². The van der Waals surface area contributed by atoms with E-state index in [1.807, 2.05) is 6.92 Å². The van der Waals surface area contributed by atoms with Gasteiger partial charge in [-0.05, 0) is 48.9 Å². The van der Waals surface area contributed by atoms with Crippen molar-refractivity contribution in [2.75, 3.05) is 12.8 Å². The first-order valence-corrected chi connectivity index (χ1v) is 8.42. The van der Waals surface area contributed by atoms with Crippen LogP contribution >= 0.6 is 0 Å². The lowest BCUT2D eigenvalue weighted by Gasteiger charge is -2.10. The first-order valence-electron chi connectivity index (χ1n) is 6.80. The predicted molar refractivity (Wildman–Crippen MR) is 78.3 cm³/mol. The van der Waals surface area contributed by atoms with Crippen molar-refractivity contribution in [3.05, 3.63) is 34.9 Å². The SMILES string of the molecule is CC(CCNCc1ccc2c(c1)CCC2)S(C)=O. The first kappa shape index (κ1) is 13.8. The van der Waals surface area contributed by atoms with Crippen LogP contribution in [0.2, 0.25) is 0 Å². The Balaban J connectivity index is 1.75. The monoisotopic (exact) mass is 265 g/mol. The van der Waals surface area contributed by atoms with Gasteiger partial charge in [0.05, 0.1) is 0 Å². The maximum Gasteiger partial charge on any atom is 0.0329 e. The molecule has 0 aliphatic heterocycles.